The number of ether oxygens (including phenoxy) is 3. The minimum atomic E-state index is -0.984. The molecule has 0 aliphatic carbocycles. The zero-order valence-electron chi connectivity index (χ0n) is 13.6. The van der Waals surface area contributed by atoms with Gasteiger partial charge in [0.2, 0.25) is 0 Å². The van der Waals surface area contributed by atoms with Crippen molar-refractivity contribution in [1.82, 2.24) is 5.32 Å². The van der Waals surface area contributed by atoms with Gasteiger partial charge in [-0.25, -0.2) is 4.79 Å². The first-order valence-corrected chi connectivity index (χ1v) is 7.01. The average molecular weight is 295 g/mol. The van der Waals surface area contributed by atoms with Crippen molar-refractivity contribution in [3.63, 3.8) is 0 Å². The van der Waals surface area contributed by atoms with Crippen LogP contribution in [0, 0.1) is 0 Å². The van der Waals surface area contributed by atoms with E-state index >= 15 is 0 Å². The molecule has 21 heavy (non-hydrogen) atoms. The van der Waals surface area contributed by atoms with Gasteiger partial charge in [-0.15, -0.1) is 0 Å². The molecule has 0 heterocycles. The molecule has 0 aromatic heterocycles. The van der Waals surface area contributed by atoms with Crippen LogP contribution in [0.5, 0.6) is 11.5 Å². The Morgan fingerprint density at radius 2 is 1.95 bits per heavy atom. The molecule has 1 rings (SSSR count). The van der Waals surface area contributed by atoms with E-state index in [2.05, 4.69) is 12.2 Å². The topological polar surface area (TPSA) is 56.8 Å². The molecule has 0 fully saturated rings. The molecular weight excluding hydrogens is 270 g/mol. The molecule has 5 nitrogen and oxygen atoms in total. The summed E-state index contributed by atoms with van der Waals surface area (Å²) in [5, 5.41) is 3.33. The highest BCUT2D eigenvalue weighted by Gasteiger charge is 2.39. The molecular formula is C16H25NO4. The number of rotatable bonds is 7. The Balaban J connectivity index is 3.35. The van der Waals surface area contributed by atoms with Gasteiger partial charge in [0, 0.05) is 17.7 Å². The van der Waals surface area contributed by atoms with E-state index in [0.717, 1.165) is 12.0 Å². The Morgan fingerprint density at radius 1 is 1.29 bits per heavy atom. The highest BCUT2D eigenvalue weighted by molar-refractivity contribution is 5.83. The lowest BCUT2D eigenvalue weighted by Gasteiger charge is -2.32. The van der Waals surface area contributed by atoms with Crippen LogP contribution in [-0.4, -0.2) is 33.3 Å². The molecule has 1 aromatic rings. The second-order valence-corrected chi connectivity index (χ2v) is 5.14. The molecule has 0 bridgehead atoms. The summed E-state index contributed by atoms with van der Waals surface area (Å²) in [6, 6.07) is 5.54. The molecule has 1 aromatic carbocycles. The predicted octanol–water partition coefficient (Wildman–Crippen LogP) is 2.48. The van der Waals surface area contributed by atoms with Crippen molar-refractivity contribution < 1.29 is 19.0 Å². The van der Waals surface area contributed by atoms with Gasteiger partial charge in [0.25, 0.3) is 0 Å². The second kappa shape index (κ2) is 7.31. The molecule has 0 radical (unpaired) electrons. The van der Waals surface area contributed by atoms with Crippen molar-refractivity contribution in [2.45, 2.75) is 38.8 Å². The summed E-state index contributed by atoms with van der Waals surface area (Å²) in [6.07, 6.45) is 0.894. The second-order valence-electron chi connectivity index (χ2n) is 5.14. The summed E-state index contributed by atoms with van der Waals surface area (Å²) in [7, 11) is 4.54. The molecule has 5 heteroatoms. The average Bonchev–Trinajstić information content (AvgIpc) is 2.52. The number of hydrogen-bond acceptors (Lipinski definition) is 5. The van der Waals surface area contributed by atoms with Crippen LogP contribution in [0.3, 0.4) is 0 Å². The fourth-order valence-electron chi connectivity index (χ4n) is 2.26. The van der Waals surface area contributed by atoms with Crippen LogP contribution >= 0.6 is 0 Å². The highest BCUT2D eigenvalue weighted by Crippen LogP contribution is 2.34. The molecule has 2 unspecified atom stereocenters. The van der Waals surface area contributed by atoms with Gasteiger partial charge in [0.1, 0.15) is 17.0 Å². The van der Waals surface area contributed by atoms with Crippen molar-refractivity contribution in [2.24, 2.45) is 0 Å². The van der Waals surface area contributed by atoms with Crippen LogP contribution in [0.25, 0.3) is 0 Å². The van der Waals surface area contributed by atoms with Crippen molar-refractivity contribution >= 4 is 5.97 Å². The molecule has 0 spiro atoms. The smallest absolute Gasteiger partial charge is 0.330 e. The largest absolute Gasteiger partial charge is 0.497 e. The highest BCUT2D eigenvalue weighted by atomic mass is 16.5. The summed E-state index contributed by atoms with van der Waals surface area (Å²) in [5.74, 6) is 0.899. The maximum absolute atomic E-state index is 12.3. The van der Waals surface area contributed by atoms with Gasteiger partial charge in [-0.05, 0) is 32.4 Å². The van der Waals surface area contributed by atoms with Gasteiger partial charge in [0.15, 0.2) is 0 Å². The molecule has 1 N–H and O–H groups in total. The number of esters is 1. The lowest BCUT2D eigenvalue weighted by atomic mass is 9.89. The summed E-state index contributed by atoms with van der Waals surface area (Å²) in [5.41, 5.74) is -0.264. The van der Waals surface area contributed by atoms with Crippen molar-refractivity contribution in [1.29, 1.82) is 0 Å². The van der Waals surface area contributed by atoms with Crippen LogP contribution in [0.1, 0.15) is 32.8 Å². The number of methoxy groups -OCH3 is 3. The minimum Gasteiger partial charge on any atom is -0.497 e. The first-order chi connectivity index (χ1) is 9.92. The molecule has 2 atom stereocenters. The Morgan fingerprint density at radius 3 is 2.43 bits per heavy atom. The molecule has 0 saturated carbocycles. The Kier molecular flexibility index (Phi) is 6.03. The molecule has 0 aliphatic rings. The maximum atomic E-state index is 12.3. The Labute approximate surface area is 126 Å². The van der Waals surface area contributed by atoms with Crippen LogP contribution < -0.4 is 14.8 Å². The summed E-state index contributed by atoms with van der Waals surface area (Å²) < 4.78 is 15.6. The normalized spacial score (nSPS) is 15.0. The number of carbonyl (C=O) groups excluding carboxylic acids is 1. The maximum Gasteiger partial charge on any atom is 0.330 e. The monoisotopic (exact) mass is 295 g/mol. The summed E-state index contributed by atoms with van der Waals surface area (Å²) in [6.45, 7) is 5.88. The van der Waals surface area contributed by atoms with Crippen LogP contribution in [0.2, 0.25) is 0 Å². The molecule has 0 amide bonds. The third-order valence-electron chi connectivity index (χ3n) is 3.69. The van der Waals surface area contributed by atoms with Crippen LogP contribution in [0.4, 0.5) is 0 Å². The van der Waals surface area contributed by atoms with Crippen LogP contribution in [-0.2, 0) is 15.1 Å². The number of nitrogens with one attached hydrogen (secondary N) is 1. The third-order valence-corrected chi connectivity index (χ3v) is 3.69. The Bertz CT molecular complexity index is 489. The van der Waals surface area contributed by atoms with E-state index in [1.807, 2.05) is 13.0 Å². The van der Waals surface area contributed by atoms with Gasteiger partial charge in [-0.3, -0.25) is 5.32 Å². The Hall–Kier alpha value is -1.75. The SMILES string of the molecule is CCC(C)NC(C)(C(=O)OC)c1ccc(OC)cc1OC. The minimum absolute atomic E-state index is 0.154. The fourth-order valence-corrected chi connectivity index (χ4v) is 2.26. The van der Waals surface area contributed by atoms with E-state index < -0.39 is 5.54 Å². The lowest BCUT2D eigenvalue weighted by molar-refractivity contribution is -0.148. The van der Waals surface area contributed by atoms with E-state index in [1.165, 1.54) is 7.11 Å². The van der Waals surface area contributed by atoms with Gasteiger partial charge < -0.3 is 14.2 Å². The van der Waals surface area contributed by atoms with E-state index in [1.54, 1.807) is 33.3 Å². The molecule has 0 saturated heterocycles. The first kappa shape index (κ1) is 17.3. The van der Waals surface area contributed by atoms with Gasteiger partial charge >= 0.3 is 5.97 Å². The lowest BCUT2D eigenvalue weighted by Crippen LogP contribution is -2.51. The van der Waals surface area contributed by atoms with E-state index in [4.69, 9.17) is 14.2 Å². The number of carbonyl (C=O) groups is 1. The zero-order valence-corrected chi connectivity index (χ0v) is 13.6. The summed E-state index contributed by atoms with van der Waals surface area (Å²) >= 11 is 0. The van der Waals surface area contributed by atoms with Crippen molar-refractivity contribution in [2.75, 3.05) is 21.3 Å². The van der Waals surface area contributed by atoms with E-state index in [0.29, 0.717) is 11.5 Å². The van der Waals surface area contributed by atoms with E-state index in [-0.39, 0.29) is 12.0 Å². The quantitative estimate of drug-likeness (QED) is 0.783. The van der Waals surface area contributed by atoms with Gasteiger partial charge in [-0.1, -0.05) is 6.92 Å². The number of hydrogen-bond donors (Lipinski definition) is 1. The summed E-state index contributed by atoms with van der Waals surface area (Å²) in [4.78, 5) is 12.3. The third kappa shape index (κ3) is 3.67. The zero-order chi connectivity index (χ0) is 16.0. The van der Waals surface area contributed by atoms with E-state index in [9.17, 15) is 4.79 Å². The number of benzene rings is 1. The first-order valence-electron chi connectivity index (χ1n) is 7.01. The molecule has 118 valence electrons. The van der Waals surface area contributed by atoms with Crippen LogP contribution in [0.15, 0.2) is 18.2 Å². The van der Waals surface area contributed by atoms with Gasteiger partial charge in [-0.2, -0.15) is 0 Å². The van der Waals surface area contributed by atoms with Crippen molar-refractivity contribution in [3.8, 4) is 11.5 Å². The molecule has 0 aliphatic heterocycles. The van der Waals surface area contributed by atoms with Gasteiger partial charge in [0.05, 0.1) is 21.3 Å². The standard InChI is InChI=1S/C16H25NO4/c1-7-11(2)17-16(3,15(18)21-6)13-9-8-12(19-4)10-14(13)20-5/h8-11,17H,7H2,1-6H3. The van der Waals surface area contributed by atoms with Crippen molar-refractivity contribution in [3.05, 3.63) is 23.8 Å². The fraction of sp³-hybridized carbons (Fsp3) is 0.562. The predicted molar refractivity (Wildman–Crippen MR) is 81.8 cm³/mol.